The standard InChI is InChI=1S/C33H24Si/c1-23-20-24-21-33-31(22-30(24)28-17-9-8-16-27(23)28)29-18-10-11-19-32(29)34(33,25-12-4-2-5-13-25)26-14-6-3-7-15-26/h2-22H,1H3. The fourth-order valence-corrected chi connectivity index (χ4v) is 11.4. The number of fused-ring (bicyclic) bond motifs is 6. The maximum atomic E-state index is 2.52. The van der Waals surface area contributed by atoms with Crippen molar-refractivity contribution in [3.8, 4) is 11.1 Å². The van der Waals surface area contributed by atoms with Crippen LogP contribution in [0.1, 0.15) is 5.56 Å². The normalized spacial score (nSPS) is 13.7. The van der Waals surface area contributed by atoms with Gasteiger partial charge < -0.3 is 0 Å². The van der Waals surface area contributed by atoms with Crippen molar-refractivity contribution < 1.29 is 0 Å². The second kappa shape index (κ2) is 7.28. The Balaban J connectivity index is 1.69. The van der Waals surface area contributed by atoms with Crippen molar-refractivity contribution in [3.63, 3.8) is 0 Å². The van der Waals surface area contributed by atoms with Crippen LogP contribution in [0.3, 0.4) is 0 Å². The van der Waals surface area contributed by atoms with Crippen LogP contribution in [0.2, 0.25) is 0 Å². The highest BCUT2D eigenvalue weighted by atomic mass is 28.3. The summed E-state index contributed by atoms with van der Waals surface area (Å²) in [6.07, 6.45) is 0. The van der Waals surface area contributed by atoms with Gasteiger partial charge >= 0.3 is 0 Å². The lowest BCUT2D eigenvalue weighted by molar-refractivity contribution is 1.56. The molecule has 0 N–H and O–H groups in total. The van der Waals surface area contributed by atoms with Gasteiger partial charge in [0.2, 0.25) is 0 Å². The van der Waals surface area contributed by atoms with Gasteiger partial charge in [0.25, 0.3) is 0 Å². The summed E-state index contributed by atoms with van der Waals surface area (Å²) in [4.78, 5) is 0. The molecule has 0 aliphatic carbocycles. The third-order valence-electron chi connectivity index (χ3n) is 7.64. The molecule has 1 aliphatic rings. The Morgan fingerprint density at radius 2 is 1.03 bits per heavy atom. The van der Waals surface area contributed by atoms with Crippen molar-refractivity contribution in [2.75, 3.05) is 0 Å². The fraction of sp³-hybridized carbons (Fsp3) is 0.0303. The Labute approximate surface area is 201 Å². The van der Waals surface area contributed by atoms with E-state index in [1.54, 1.807) is 0 Å². The molecule has 0 nitrogen and oxygen atoms in total. The molecule has 0 amide bonds. The van der Waals surface area contributed by atoms with Gasteiger partial charge in [-0.1, -0.05) is 121 Å². The highest BCUT2D eigenvalue weighted by molar-refractivity contribution is 7.22. The van der Waals surface area contributed by atoms with Gasteiger partial charge in [0.1, 0.15) is 0 Å². The van der Waals surface area contributed by atoms with E-state index in [2.05, 4.69) is 134 Å². The van der Waals surface area contributed by atoms with Crippen molar-refractivity contribution in [3.05, 3.63) is 133 Å². The maximum absolute atomic E-state index is 2.52. The van der Waals surface area contributed by atoms with Crippen LogP contribution in [0.15, 0.2) is 127 Å². The largest absolute Gasteiger partial charge is 0.180 e. The molecule has 0 bridgehead atoms. The van der Waals surface area contributed by atoms with E-state index in [4.69, 9.17) is 0 Å². The lowest BCUT2D eigenvalue weighted by Crippen LogP contribution is -2.72. The first-order valence-electron chi connectivity index (χ1n) is 12.0. The van der Waals surface area contributed by atoms with Crippen molar-refractivity contribution in [1.82, 2.24) is 0 Å². The van der Waals surface area contributed by atoms with Crippen LogP contribution in [-0.2, 0) is 0 Å². The van der Waals surface area contributed by atoms with Gasteiger partial charge in [-0.15, -0.1) is 0 Å². The Bertz CT molecular complexity index is 1660. The SMILES string of the molecule is Cc1cc2cc3c(cc2c2ccccc12)-c1ccccc1[Si]3(c1ccccc1)c1ccccc1. The van der Waals surface area contributed by atoms with Crippen LogP contribution in [0.4, 0.5) is 0 Å². The second-order valence-corrected chi connectivity index (χ2v) is 13.1. The number of aryl methyl sites for hydroxylation is 1. The van der Waals surface area contributed by atoms with Gasteiger partial charge in [-0.2, -0.15) is 0 Å². The molecule has 0 aromatic heterocycles. The number of hydrogen-bond acceptors (Lipinski definition) is 0. The fourth-order valence-electron chi connectivity index (χ4n) is 6.23. The van der Waals surface area contributed by atoms with E-state index in [1.807, 2.05) is 0 Å². The predicted octanol–water partition coefficient (Wildman–Crippen LogP) is 5.66. The summed E-state index contributed by atoms with van der Waals surface area (Å²) in [7, 11) is -2.43. The van der Waals surface area contributed by atoms with Gasteiger partial charge in [0.15, 0.2) is 8.07 Å². The third-order valence-corrected chi connectivity index (χ3v) is 12.5. The van der Waals surface area contributed by atoms with Crippen molar-refractivity contribution in [1.29, 1.82) is 0 Å². The zero-order chi connectivity index (χ0) is 22.7. The smallest absolute Gasteiger partial charge is 0.0623 e. The van der Waals surface area contributed by atoms with Crippen molar-refractivity contribution >= 4 is 50.4 Å². The van der Waals surface area contributed by atoms with Gasteiger partial charge in [0, 0.05) is 0 Å². The average molecular weight is 449 g/mol. The third kappa shape index (κ3) is 2.53. The first-order valence-corrected chi connectivity index (χ1v) is 14.0. The zero-order valence-electron chi connectivity index (χ0n) is 19.1. The summed E-state index contributed by atoms with van der Waals surface area (Å²) < 4.78 is 0. The molecule has 0 saturated heterocycles. The Morgan fingerprint density at radius 3 is 1.74 bits per heavy atom. The molecule has 34 heavy (non-hydrogen) atoms. The molecule has 160 valence electrons. The number of benzene rings is 6. The summed E-state index contributed by atoms with van der Waals surface area (Å²) in [6, 6.07) is 47.8. The molecule has 0 radical (unpaired) electrons. The number of hydrogen-bond donors (Lipinski definition) is 0. The van der Waals surface area contributed by atoms with E-state index < -0.39 is 8.07 Å². The van der Waals surface area contributed by atoms with Crippen molar-refractivity contribution in [2.45, 2.75) is 6.92 Å². The topological polar surface area (TPSA) is 0 Å². The van der Waals surface area contributed by atoms with Gasteiger partial charge in [-0.25, -0.2) is 0 Å². The van der Waals surface area contributed by atoms with E-state index in [0.29, 0.717) is 0 Å². The minimum atomic E-state index is -2.43. The van der Waals surface area contributed by atoms with E-state index in [-0.39, 0.29) is 0 Å². The average Bonchev–Trinajstić information content (AvgIpc) is 3.19. The summed E-state index contributed by atoms with van der Waals surface area (Å²) in [5.74, 6) is 0. The molecular formula is C33H24Si. The first kappa shape index (κ1) is 19.5. The predicted molar refractivity (Wildman–Crippen MR) is 149 cm³/mol. The van der Waals surface area contributed by atoms with Crippen LogP contribution in [0.5, 0.6) is 0 Å². The monoisotopic (exact) mass is 448 g/mol. The molecule has 0 atom stereocenters. The molecule has 1 aliphatic heterocycles. The number of rotatable bonds is 2. The minimum absolute atomic E-state index is 1.34. The zero-order valence-corrected chi connectivity index (χ0v) is 20.1. The molecule has 1 heterocycles. The maximum Gasteiger partial charge on any atom is 0.180 e. The van der Waals surface area contributed by atoms with Crippen LogP contribution in [-0.4, -0.2) is 8.07 Å². The lowest BCUT2D eigenvalue weighted by atomic mass is 9.95. The molecular weight excluding hydrogens is 424 g/mol. The Kier molecular flexibility index (Phi) is 4.18. The van der Waals surface area contributed by atoms with Gasteiger partial charge in [-0.05, 0) is 72.0 Å². The van der Waals surface area contributed by atoms with E-state index >= 15 is 0 Å². The highest BCUT2D eigenvalue weighted by Crippen LogP contribution is 2.35. The molecule has 6 aromatic carbocycles. The highest BCUT2D eigenvalue weighted by Gasteiger charge is 2.48. The molecule has 7 rings (SSSR count). The summed E-state index contributed by atoms with van der Waals surface area (Å²) in [6.45, 7) is 2.24. The minimum Gasteiger partial charge on any atom is -0.0623 e. The summed E-state index contributed by atoms with van der Waals surface area (Å²) in [5, 5.41) is 11.3. The molecule has 0 unspecified atom stereocenters. The Hall–Kier alpha value is -3.94. The van der Waals surface area contributed by atoms with Crippen LogP contribution >= 0.6 is 0 Å². The summed E-state index contributed by atoms with van der Waals surface area (Å²) in [5.41, 5.74) is 4.13. The van der Waals surface area contributed by atoms with Crippen LogP contribution in [0.25, 0.3) is 32.7 Å². The van der Waals surface area contributed by atoms with Gasteiger partial charge in [-0.3, -0.25) is 0 Å². The van der Waals surface area contributed by atoms with Crippen molar-refractivity contribution in [2.24, 2.45) is 0 Å². The first-order chi connectivity index (χ1) is 16.8. The van der Waals surface area contributed by atoms with E-state index in [0.717, 1.165) is 0 Å². The molecule has 0 saturated carbocycles. The molecule has 6 aromatic rings. The van der Waals surface area contributed by atoms with E-state index in [9.17, 15) is 0 Å². The summed E-state index contributed by atoms with van der Waals surface area (Å²) >= 11 is 0. The van der Waals surface area contributed by atoms with Crippen LogP contribution in [0, 0.1) is 6.92 Å². The quantitative estimate of drug-likeness (QED) is 0.236. The second-order valence-electron chi connectivity index (χ2n) is 9.39. The van der Waals surface area contributed by atoms with Crippen LogP contribution < -0.4 is 20.7 Å². The molecule has 0 spiro atoms. The lowest BCUT2D eigenvalue weighted by Gasteiger charge is -2.31. The Morgan fingerprint density at radius 1 is 0.441 bits per heavy atom. The van der Waals surface area contributed by atoms with E-state index in [1.165, 1.54) is 59.0 Å². The molecule has 1 heteroatoms. The van der Waals surface area contributed by atoms with Gasteiger partial charge in [0.05, 0.1) is 0 Å². The molecule has 0 fully saturated rings.